The maximum absolute atomic E-state index is 10.5. The van der Waals surface area contributed by atoms with Gasteiger partial charge in [-0.15, -0.1) is 0 Å². The fraction of sp³-hybridized carbons (Fsp3) is 0.875. The normalized spacial score (nSPS) is 29.8. The lowest BCUT2D eigenvalue weighted by atomic mass is 10.5. The molecule has 0 bridgehead atoms. The van der Waals surface area contributed by atoms with Crippen LogP contribution >= 0.6 is 0 Å². The average Bonchev–Trinajstić information content (AvgIpc) is 2.40. The molecule has 1 aliphatic rings. The van der Waals surface area contributed by atoms with Crippen LogP contribution in [0.15, 0.2) is 0 Å². The van der Waals surface area contributed by atoms with Crippen molar-refractivity contribution in [2.45, 2.75) is 25.5 Å². The Hall–Kier alpha value is -0.570. The van der Waals surface area contributed by atoms with Crippen LogP contribution in [0.5, 0.6) is 0 Å². The molecule has 0 aromatic heterocycles. The molecule has 1 saturated carbocycles. The zero-order valence-corrected chi connectivity index (χ0v) is 7.63. The second-order valence-corrected chi connectivity index (χ2v) is 4.07. The van der Waals surface area contributed by atoms with Crippen LogP contribution in [0.4, 0.5) is 0 Å². The number of likely N-dealkylation sites (N-methyl/N-ethyl adjacent to an activating group) is 1. The summed E-state index contributed by atoms with van der Waals surface area (Å²) in [5, 5.41) is 0. The molecule has 0 saturated heterocycles. The fourth-order valence-corrected chi connectivity index (χ4v) is 1.31. The molecule has 3 nitrogen and oxygen atoms in total. The van der Waals surface area contributed by atoms with Gasteiger partial charge in [0.2, 0.25) is 0 Å². The molecule has 0 spiro atoms. The van der Waals surface area contributed by atoms with E-state index in [4.69, 9.17) is 4.74 Å². The number of esters is 1. The number of hydrogen-bond donors (Lipinski definition) is 0. The van der Waals surface area contributed by atoms with Crippen molar-refractivity contribution >= 4 is 5.97 Å². The first kappa shape index (κ1) is 8.53. The van der Waals surface area contributed by atoms with E-state index >= 15 is 0 Å². The summed E-state index contributed by atoms with van der Waals surface area (Å²) in [4.78, 5) is 10.5. The van der Waals surface area contributed by atoms with Gasteiger partial charge in [-0.05, 0) is 0 Å². The Morgan fingerprint density at radius 1 is 1.45 bits per heavy atom. The summed E-state index contributed by atoms with van der Waals surface area (Å²) < 4.78 is 5.93. The van der Waals surface area contributed by atoms with Crippen LogP contribution in [0, 0.1) is 0 Å². The van der Waals surface area contributed by atoms with Crippen molar-refractivity contribution in [1.82, 2.24) is 0 Å². The SMILES string of the molecule is CC(=O)OC1CC1[N+](C)(C)C. The molecule has 0 aliphatic heterocycles. The average molecular weight is 158 g/mol. The van der Waals surface area contributed by atoms with Crippen LogP contribution in [0.3, 0.4) is 0 Å². The van der Waals surface area contributed by atoms with Crippen LogP contribution in [0.25, 0.3) is 0 Å². The van der Waals surface area contributed by atoms with Crippen molar-refractivity contribution in [2.75, 3.05) is 21.1 Å². The molecular weight excluding hydrogens is 142 g/mol. The van der Waals surface area contributed by atoms with Crippen LogP contribution in [0.1, 0.15) is 13.3 Å². The molecule has 64 valence electrons. The molecular formula is C8H16NO2+. The van der Waals surface area contributed by atoms with Crippen molar-refractivity contribution in [3.8, 4) is 0 Å². The summed E-state index contributed by atoms with van der Waals surface area (Å²) in [5.74, 6) is -0.161. The van der Waals surface area contributed by atoms with Crippen molar-refractivity contribution in [1.29, 1.82) is 0 Å². The Bertz CT molecular complexity index is 171. The predicted molar refractivity (Wildman–Crippen MR) is 42.0 cm³/mol. The first-order valence-corrected chi connectivity index (χ1v) is 3.89. The van der Waals surface area contributed by atoms with Gasteiger partial charge in [-0.2, -0.15) is 0 Å². The second-order valence-electron chi connectivity index (χ2n) is 4.07. The van der Waals surface area contributed by atoms with Gasteiger partial charge in [0, 0.05) is 13.3 Å². The monoisotopic (exact) mass is 158 g/mol. The van der Waals surface area contributed by atoms with E-state index in [1.807, 2.05) is 0 Å². The third kappa shape index (κ3) is 2.19. The van der Waals surface area contributed by atoms with Gasteiger partial charge in [0.15, 0.2) is 6.10 Å². The fourth-order valence-electron chi connectivity index (χ4n) is 1.31. The number of carbonyl (C=O) groups excluding carboxylic acids is 1. The molecule has 1 fully saturated rings. The first-order valence-electron chi connectivity index (χ1n) is 3.89. The van der Waals surface area contributed by atoms with Crippen LogP contribution in [-0.4, -0.2) is 43.7 Å². The number of rotatable bonds is 2. The number of hydrogen-bond acceptors (Lipinski definition) is 2. The molecule has 11 heavy (non-hydrogen) atoms. The number of quaternary nitrogens is 1. The van der Waals surface area contributed by atoms with Crippen molar-refractivity contribution in [3.63, 3.8) is 0 Å². The predicted octanol–water partition coefficient (Wildman–Crippen LogP) is 0.397. The number of carbonyl (C=O) groups is 1. The van der Waals surface area contributed by atoms with E-state index in [-0.39, 0.29) is 12.1 Å². The van der Waals surface area contributed by atoms with Gasteiger partial charge in [0.1, 0.15) is 6.04 Å². The molecule has 0 aromatic rings. The van der Waals surface area contributed by atoms with Gasteiger partial charge in [0.05, 0.1) is 21.1 Å². The first-order chi connectivity index (χ1) is 4.91. The van der Waals surface area contributed by atoms with Crippen LogP contribution in [0.2, 0.25) is 0 Å². The Balaban J connectivity index is 2.32. The highest BCUT2D eigenvalue weighted by Gasteiger charge is 2.50. The molecule has 3 heteroatoms. The molecule has 1 aliphatic carbocycles. The van der Waals surface area contributed by atoms with E-state index in [1.165, 1.54) is 6.92 Å². The Kier molecular flexibility index (Phi) is 1.92. The topological polar surface area (TPSA) is 26.3 Å². The van der Waals surface area contributed by atoms with Gasteiger partial charge >= 0.3 is 5.97 Å². The molecule has 2 atom stereocenters. The third-order valence-corrected chi connectivity index (χ3v) is 2.01. The Morgan fingerprint density at radius 2 is 2.00 bits per heavy atom. The summed E-state index contributed by atoms with van der Waals surface area (Å²) in [7, 11) is 6.36. The van der Waals surface area contributed by atoms with E-state index in [0.29, 0.717) is 6.04 Å². The molecule has 0 N–H and O–H groups in total. The minimum Gasteiger partial charge on any atom is -0.456 e. The van der Waals surface area contributed by atoms with Crippen molar-refractivity contribution < 1.29 is 14.0 Å². The lowest BCUT2D eigenvalue weighted by Crippen LogP contribution is -2.39. The van der Waals surface area contributed by atoms with E-state index in [1.54, 1.807) is 0 Å². The maximum Gasteiger partial charge on any atom is 0.303 e. The zero-order valence-electron chi connectivity index (χ0n) is 7.63. The summed E-state index contributed by atoms with van der Waals surface area (Å²) in [5.41, 5.74) is 0. The minimum absolute atomic E-state index is 0.161. The summed E-state index contributed by atoms with van der Waals surface area (Å²) in [6.45, 7) is 1.46. The van der Waals surface area contributed by atoms with Gasteiger partial charge < -0.3 is 9.22 Å². The zero-order chi connectivity index (χ0) is 8.65. The second kappa shape index (κ2) is 2.48. The molecule has 0 amide bonds. The standard InChI is InChI=1S/C8H16NO2/c1-6(10)11-8-5-7(8)9(2,3)4/h7-8H,5H2,1-4H3/q+1. The minimum atomic E-state index is -0.161. The van der Waals surface area contributed by atoms with E-state index in [9.17, 15) is 4.79 Å². The van der Waals surface area contributed by atoms with E-state index in [0.717, 1.165) is 10.9 Å². The van der Waals surface area contributed by atoms with Crippen molar-refractivity contribution in [3.05, 3.63) is 0 Å². The smallest absolute Gasteiger partial charge is 0.303 e. The number of ether oxygens (including phenoxy) is 1. The largest absolute Gasteiger partial charge is 0.456 e. The quantitative estimate of drug-likeness (QED) is 0.429. The van der Waals surface area contributed by atoms with Crippen LogP contribution < -0.4 is 0 Å². The maximum atomic E-state index is 10.5. The molecule has 0 radical (unpaired) electrons. The van der Waals surface area contributed by atoms with E-state index < -0.39 is 0 Å². The van der Waals surface area contributed by atoms with Gasteiger partial charge in [-0.1, -0.05) is 0 Å². The highest BCUT2D eigenvalue weighted by Crippen LogP contribution is 2.33. The van der Waals surface area contributed by atoms with Gasteiger partial charge in [0.25, 0.3) is 0 Å². The molecule has 2 unspecified atom stereocenters. The summed E-state index contributed by atoms with van der Waals surface area (Å²) in [6.07, 6.45) is 1.19. The van der Waals surface area contributed by atoms with Crippen LogP contribution in [-0.2, 0) is 9.53 Å². The number of nitrogens with zero attached hydrogens (tertiary/aromatic N) is 1. The molecule has 0 aromatic carbocycles. The summed E-state index contributed by atoms with van der Waals surface area (Å²) in [6, 6.07) is 0.513. The third-order valence-electron chi connectivity index (χ3n) is 2.01. The molecule has 0 heterocycles. The lowest BCUT2D eigenvalue weighted by Gasteiger charge is -2.23. The van der Waals surface area contributed by atoms with Gasteiger partial charge in [-0.3, -0.25) is 4.79 Å². The Morgan fingerprint density at radius 3 is 2.27 bits per heavy atom. The molecule has 1 rings (SSSR count). The Labute approximate surface area is 67.5 Å². The van der Waals surface area contributed by atoms with E-state index in [2.05, 4.69) is 21.1 Å². The highest BCUT2D eigenvalue weighted by atomic mass is 16.5. The van der Waals surface area contributed by atoms with Gasteiger partial charge in [-0.25, -0.2) is 0 Å². The highest BCUT2D eigenvalue weighted by molar-refractivity contribution is 5.66. The summed E-state index contributed by atoms with van der Waals surface area (Å²) >= 11 is 0. The van der Waals surface area contributed by atoms with Crippen molar-refractivity contribution in [2.24, 2.45) is 0 Å². The lowest BCUT2D eigenvalue weighted by molar-refractivity contribution is -0.882.